The van der Waals surface area contributed by atoms with Crippen molar-refractivity contribution in [3.8, 4) is 39.7 Å². The third-order valence-corrected chi connectivity index (χ3v) is 4.37. The first-order valence-corrected chi connectivity index (χ1v) is 8.53. The highest BCUT2D eigenvalue weighted by molar-refractivity contribution is 5.81. The molecular weight excluding hydrogens is 338 g/mol. The number of H-pyrrole nitrogens is 1. The molecule has 0 saturated heterocycles. The van der Waals surface area contributed by atoms with Crippen LogP contribution < -0.4 is 10.5 Å². The van der Waals surface area contributed by atoms with Crippen LogP contribution in [0.3, 0.4) is 0 Å². The molecule has 4 aromatic rings. The third-order valence-electron chi connectivity index (χ3n) is 4.37. The molecule has 6 heteroatoms. The number of nitrogens with two attached hydrogens (primary N) is 1. The van der Waals surface area contributed by atoms with Crippen LogP contribution in [-0.4, -0.2) is 27.0 Å². The molecular formula is C21H19N5O. The first-order valence-electron chi connectivity index (χ1n) is 8.53. The highest BCUT2D eigenvalue weighted by atomic mass is 16.5. The summed E-state index contributed by atoms with van der Waals surface area (Å²) < 4.78 is 5.33. The Labute approximate surface area is 157 Å². The van der Waals surface area contributed by atoms with Gasteiger partial charge in [0.25, 0.3) is 0 Å². The van der Waals surface area contributed by atoms with Crippen molar-refractivity contribution >= 4 is 5.82 Å². The number of rotatable bonds is 4. The maximum absolute atomic E-state index is 5.87. The van der Waals surface area contributed by atoms with E-state index < -0.39 is 0 Å². The Morgan fingerprint density at radius 3 is 2.41 bits per heavy atom. The van der Waals surface area contributed by atoms with Gasteiger partial charge in [0.15, 0.2) is 11.6 Å². The average Bonchev–Trinajstić information content (AvgIpc) is 3.15. The number of nitrogen functional groups attached to an aromatic ring is 1. The van der Waals surface area contributed by atoms with Crippen LogP contribution in [0.15, 0.2) is 61.1 Å². The van der Waals surface area contributed by atoms with E-state index in [0.29, 0.717) is 11.6 Å². The lowest BCUT2D eigenvalue weighted by Gasteiger charge is -2.07. The standard InChI is InChI=1S/C21H19N5O/c1-13-3-5-15(6-4-13)21-25-18(14-7-9-23-10-8-14)19(26-21)16-11-17(27-2)20(22)24-12-16/h3-12H,1-2H3,(H2,22,24)(H,25,26). The number of nitrogens with zero attached hydrogens (tertiary/aromatic N) is 3. The van der Waals surface area contributed by atoms with Crippen LogP contribution in [0.25, 0.3) is 33.9 Å². The van der Waals surface area contributed by atoms with Gasteiger partial charge in [-0.1, -0.05) is 29.8 Å². The number of hydrogen-bond acceptors (Lipinski definition) is 5. The van der Waals surface area contributed by atoms with Gasteiger partial charge in [-0.25, -0.2) is 9.97 Å². The number of ether oxygens (including phenoxy) is 1. The molecule has 3 heterocycles. The van der Waals surface area contributed by atoms with Crippen molar-refractivity contribution in [3.63, 3.8) is 0 Å². The summed E-state index contributed by atoms with van der Waals surface area (Å²) in [5.41, 5.74) is 11.6. The van der Waals surface area contributed by atoms with Crippen molar-refractivity contribution in [1.29, 1.82) is 0 Å². The van der Waals surface area contributed by atoms with Crippen molar-refractivity contribution in [1.82, 2.24) is 19.9 Å². The molecule has 0 fully saturated rings. The highest BCUT2D eigenvalue weighted by Gasteiger charge is 2.17. The van der Waals surface area contributed by atoms with Gasteiger partial charge in [-0.15, -0.1) is 0 Å². The zero-order valence-electron chi connectivity index (χ0n) is 15.1. The van der Waals surface area contributed by atoms with Gasteiger partial charge in [0, 0.05) is 35.3 Å². The van der Waals surface area contributed by atoms with E-state index in [1.165, 1.54) is 5.56 Å². The zero-order chi connectivity index (χ0) is 18.8. The number of methoxy groups -OCH3 is 1. The third kappa shape index (κ3) is 3.25. The largest absolute Gasteiger partial charge is 0.493 e. The minimum absolute atomic E-state index is 0.352. The lowest BCUT2D eigenvalue weighted by atomic mass is 10.1. The van der Waals surface area contributed by atoms with E-state index in [0.717, 1.165) is 33.9 Å². The van der Waals surface area contributed by atoms with Crippen LogP contribution in [0.2, 0.25) is 0 Å². The Kier molecular flexibility index (Phi) is 4.30. The van der Waals surface area contributed by atoms with E-state index in [1.807, 2.05) is 18.2 Å². The molecule has 4 rings (SSSR count). The van der Waals surface area contributed by atoms with Crippen LogP contribution in [0.4, 0.5) is 5.82 Å². The number of imidazole rings is 1. The SMILES string of the molecule is COc1cc(-c2[nH]c(-c3ccc(C)cc3)nc2-c2ccncc2)cnc1N. The predicted molar refractivity (Wildman–Crippen MR) is 106 cm³/mol. The second-order valence-electron chi connectivity index (χ2n) is 6.22. The minimum atomic E-state index is 0.352. The molecule has 0 radical (unpaired) electrons. The van der Waals surface area contributed by atoms with Crippen molar-refractivity contribution in [2.24, 2.45) is 0 Å². The number of aryl methyl sites for hydroxylation is 1. The molecule has 0 aliphatic heterocycles. The highest BCUT2D eigenvalue weighted by Crippen LogP contribution is 2.34. The summed E-state index contributed by atoms with van der Waals surface area (Å²) >= 11 is 0. The van der Waals surface area contributed by atoms with Crippen LogP contribution >= 0.6 is 0 Å². The summed E-state index contributed by atoms with van der Waals surface area (Å²) in [6, 6.07) is 14.0. The van der Waals surface area contributed by atoms with Crippen LogP contribution in [0.5, 0.6) is 5.75 Å². The zero-order valence-corrected chi connectivity index (χ0v) is 15.1. The molecule has 27 heavy (non-hydrogen) atoms. The summed E-state index contributed by atoms with van der Waals surface area (Å²) in [6.45, 7) is 2.06. The van der Waals surface area contributed by atoms with Gasteiger partial charge in [-0.2, -0.15) is 0 Å². The fourth-order valence-corrected chi connectivity index (χ4v) is 2.90. The normalized spacial score (nSPS) is 10.7. The van der Waals surface area contributed by atoms with Crippen LogP contribution in [0, 0.1) is 6.92 Å². The number of anilines is 1. The van der Waals surface area contributed by atoms with Crippen molar-refractivity contribution < 1.29 is 4.74 Å². The van der Waals surface area contributed by atoms with Crippen LogP contribution in [-0.2, 0) is 0 Å². The van der Waals surface area contributed by atoms with E-state index in [-0.39, 0.29) is 0 Å². The Hall–Kier alpha value is -3.67. The molecule has 3 aromatic heterocycles. The first kappa shape index (κ1) is 16.8. The summed E-state index contributed by atoms with van der Waals surface area (Å²) in [7, 11) is 1.58. The molecule has 0 saturated carbocycles. The lowest BCUT2D eigenvalue weighted by molar-refractivity contribution is 0.415. The summed E-state index contributed by atoms with van der Waals surface area (Å²) in [4.78, 5) is 16.6. The Morgan fingerprint density at radius 2 is 1.70 bits per heavy atom. The van der Waals surface area contributed by atoms with Crippen molar-refractivity contribution in [2.75, 3.05) is 12.8 Å². The molecule has 1 aromatic carbocycles. The van der Waals surface area contributed by atoms with E-state index in [4.69, 9.17) is 15.5 Å². The predicted octanol–water partition coefficient (Wildman–Crippen LogP) is 4.10. The molecule has 0 amide bonds. The molecule has 0 aliphatic carbocycles. The smallest absolute Gasteiger partial charge is 0.166 e. The topological polar surface area (TPSA) is 89.7 Å². The van der Waals surface area contributed by atoms with E-state index in [1.54, 1.807) is 25.7 Å². The minimum Gasteiger partial charge on any atom is -0.493 e. The quantitative estimate of drug-likeness (QED) is 0.574. The second-order valence-corrected chi connectivity index (χ2v) is 6.22. The molecule has 0 aliphatic rings. The van der Waals surface area contributed by atoms with Crippen molar-refractivity contribution in [2.45, 2.75) is 6.92 Å². The summed E-state index contributed by atoms with van der Waals surface area (Å²) in [6.07, 6.45) is 5.22. The number of aromatic amines is 1. The molecule has 134 valence electrons. The van der Waals surface area contributed by atoms with Gasteiger partial charge in [0.2, 0.25) is 0 Å². The van der Waals surface area contributed by atoms with E-state index >= 15 is 0 Å². The van der Waals surface area contributed by atoms with E-state index in [2.05, 4.69) is 46.1 Å². The Balaban J connectivity index is 1.90. The number of hydrogen-bond donors (Lipinski definition) is 2. The summed E-state index contributed by atoms with van der Waals surface area (Å²) in [5, 5.41) is 0. The Bertz CT molecular complexity index is 1070. The maximum atomic E-state index is 5.87. The van der Waals surface area contributed by atoms with Gasteiger partial charge in [-0.05, 0) is 25.1 Å². The fraction of sp³-hybridized carbons (Fsp3) is 0.0952. The lowest BCUT2D eigenvalue weighted by Crippen LogP contribution is -1.96. The van der Waals surface area contributed by atoms with Gasteiger partial charge < -0.3 is 15.5 Å². The first-order chi connectivity index (χ1) is 13.2. The van der Waals surface area contributed by atoms with Gasteiger partial charge >= 0.3 is 0 Å². The average molecular weight is 357 g/mol. The van der Waals surface area contributed by atoms with E-state index in [9.17, 15) is 0 Å². The monoisotopic (exact) mass is 357 g/mol. The molecule has 6 nitrogen and oxygen atoms in total. The van der Waals surface area contributed by atoms with Crippen molar-refractivity contribution in [3.05, 3.63) is 66.6 Å². The number of aromatic nitrogens is 4. The molecule has 0 spiro atoms. The molecule has 3 N–H and O–H groups in total. The Morgan fingerprint density at radius 1 is 0.963 bits per heavy atom. The maximum Gasteiger partial charge on any atom is 0.166 e. The number of pyridine rings is 2. The fourth-order valence-electron chi connectivity index (χ4n) is 2.90. The summed E-state index contributed by atoms with van der Waals surface area (Å²) in [5.74, 6) is 1.66. The molecule has 0 bridgehead atoms. The van der Waals surface area contributed by atoms with Gasteiger partial charge in [0.1, 0.15) is 5.82 Å². The number of nitrogens with one attached hydrogen (secondary N) is 1. The second kappa shape index (κ2) is 6.92. The number of benzene rings is 1. The molecule has 0 atom stereocenters. The van der Waals surface area contributed by atoms with Crippen LogP contribution in [0.1, 0.15) is 5.56 Å². The van der Waals surface area contributed by atoms with Gasteiger partial charge in [-0.3, -0.25) is 4.98 Å². The molecule has 0 unspecified atom stereocenters. The van der Waals surface area contributed by atoms with Gasteiger partial charge in [0.05, 0.1) is 18.5 Å².